The van der Waals surface area contributed by atoms with E-state index in [1.807, 2.05) is 0 Å². The Morgan fingerprint density at radius 3 is 2.53 bits per heavy atom. The van der Waals surface area contributed by atoms with Gasteiger partial charge in [0.2, 0.25) is 0 Å². The first-order valence-electron chi connectivity index (χ1n) is 6.59. The van der Waals surface area contributed by atoms with Gasteiger partial charge >= 0.3 is 0 Å². The topological polar surface area (TPSA) is 26.0 Å². The van der Waals surface area contributed by atoms with Crippen molar-refractivity contribution in [2.24, 2.45) is 17.1 Å². The highest BCUT2D eigenvalue weighted by Crippen LogP contribution is 2.41. The SMILES string of the molecule is CC1CCC(CN)(Cc2ccccc2Br)CC1. The van der Waals surface area contributed by atoms with Crippen molar-refractivity contribution in [2.45, 2.75) is 39.0 Å². The second kappa shape index (κ2) is 5.53. The molecule has 0 spiro atoms. The first kappa shape index (κ1) is 13.1. The molecule has 0 atom stereocenters. The predicted molar refractivity (Wildman–Crippen MR) is 77.0 cm³/mol. The van der Waals surface area contributed by atoms with Crippen molar-refractivity contribution in [3.05, 3.63) is 34.3 Å². The number of hydrogen-bond donors (Lipinski definition) is 1. The first-order valence-corrected chi connectivity index (χ1v) is 7.38. The molecule has 17 heavy (non-hydrogen) atoms. The van der Waals surface area contributed by atoms with E-state index in [1.165, 1.54) is 35.7 Å². The van der Waals surface area contributed by atoms with E-state index >= 15 is 0 Å². The maximum Gasteiger partial charge on any atom is 0.0207 e. The zero-order valence-electron chi connectivity index (χ0n) is 10.6. The van der Waals surface area contributed by atoms with E-state index in [4.69, 9.17) is 5.73 Å². The predicted octanol–water partition coefficient (Wildman–Crippen LogP) is 4.15. The van der Waals surface area contributed by atoms with Crippen molar-refractivity contribution < 1.29 is 0 Å². The summed E-state index contributed by atoms with van der Waals surface area (Å²) in [5.74, 6) is 0.883. The van der Waals surface area contributed by atoms with Crippen LogP contribution in [0.15, 0.2) is 28.7 Å². The molecule has 94 valence electrons. The van der Waals surface area contributed by atoms with Crippen molar-refractivity contribution in [3.63, 3.8) is 0 Å². The lowest BCUT2D eigenvalue weighted by atomic mass is 9.68. The van der Waals surface area contributed by atoms with E-state index in [-0.39, 0.29) is 0 Å². The zero-order valence-corrected chi connectivity index (χ0v) is 12.2. The van der Waals surface area contributed by atoms with E-state index in [2.05, 4.69) is 47.1 Å². The van der Waals surface area contributed by atoms with Crippen molar-refractivity contribution in [1.82, 2.24) is 0 Å². The summed E-state index contributed by atoms with van der Waals surface area (Å²) >= 11 is 3.65. The lowest BCUT2D eigenvalue weighted by Crippen LogP contribution is -2.36. The van der Waals surface area contributed by atoms with E-state index in [0.717, 1.165) is 18.9 Å². The van der Waals surface area contributed by atoms with Crippen LogP contribution in [-0.2, 0) is 6.42 Å². The fourth-order valence-corrected chi connectivity index (χ4v) is 3.30. The van der Waals surface area contributed by atoms with Crippen molar-refractivity contribution >= 4 is 15.9 Å². The number of benzene rings is 1. The van der Waals surface area contributed by atoms with Crippen LogP contribution in [0.5, 0.6) is 0 Å². The van der Waals surface area contributed by atoms with Crippen molar-refractivity contribution in [2.75, 3.05) is 6.54 Å². The molecule has 0 aliphatic heterocycles. The molecule has 0 amide bonds. The van der Waals surface area contributed by atoms with Crippen molar-refractivity contribution in [1.29, 1.82) is 0 Å². The van der Waals surface area contributed by atoms with Gasteiger partial charge in [-0.2, -0.15) is 0 Å². The third-order valence-corrected chi connectivity index (χ3v) is 5.06. The van der Waals surface area contributed by atoms with Gasteiger partial charge in [-0.15, -0.1) is 0 Å². The largest absolute Gasteiger partial charge is 0.330 e. The molecule has 0 aromatic heterocycles. The molecular weight excluding hydrogens is 274 g/mol. The summed E-state index contributed by atoms with van der Waals surface area (Å²) in [5, 5.41) is 0. The average molecular weight is 296 g/mol. The van der Waals surface area contributed by atoms with Gasteiger partial charge in [0.15, 0.2) is 0 Å². The van der Waals surface area contributed by atoms with Gasteiger partial charge in [0.25, 0.3) is 0 Å². The van der Waals surface area contributed by atoms with Gasteiger partial charge < -0.3 is 5.73 Å². The van der Waals surface area contributed by atoms with Crippen LogP contribution in [0.3, 0.4) is 0 Å². The summed E-state index contributed by atoms with van der Waals surface area (Å²) in [5.41, 5.74) is 7.82. The van der Waals surface area contributed by atoms with Crippen LogP contribution in [0.2, 0.25) is 0 Å². The maximum absolute atomic E-state index is 6.07. The molecule has 1 aliphatic carbocycles. The van der Waals surface area contributed by atoms with Gasteiger partial charge in [0.1, 0.15) is 0 Å². The fourth-order valence-electron chi connectivity index (χ4n) is 2.87. The van der Waals surface area contributed by atoms with Gasteiger partial charge in [-0.05, 0) is 48.8 Å². The molecule has 0 saturated heterocycles. The number of hydrogen-bond acceptors (Lipinski definition) is 1. The number of nitrogens with two attached hydrogens (primary N) is 1. The Balaban J connectivity index is 2.12. The number of rotatable bonds is 3. The molecule has 2 heteroatoms. The molecule has 0 heterocycles. The van der Waals surface area contributed by atoms with Gasteiger partial charge in [-0.25, -0.2) is 0 Å². The zero-order chi connectivity index (χ0) is 12.3. The normalized spacial score (nSPS) is 29.2. The molecule has 1 aromatic rings. The second-order valence-corrected chi connectivity index (χ2v) is 6.51. The Hall–Kier alpha value is -0.340. The van der Waals surface area contributed by atoms with Crippen LogP contribution in [0.1, 0.15) is 38.2 Å². The standard InChI is InChI=1S/C15H22BrN/c1-12-6-8-15(11-17,9-7-12)10-13-4-2-3-5-14(13)16/h2-5,12H,6-11,17H2,1H3. The second-order valence-electron chi connectivity index (χ2n) is 5.65. The first-order chi connectivity index (χ1) is 8.15. The average Bonchev–Trinajstić information content (AvgIpc) is 2.35. The molecular formula is C15H22BrN. The highest BCUT2D eigenvalue weighted by molar-refractivity contribution is 9.10. The fraction of sp³-hybridized carbons (Fsp3) is 0.600. The highest BCUT2D eigenvalue weighted by Gasteiger charge is 2.33. The van der Waals surface area contributed by atoms with Crippen LogP contribution in [-0.4, -0.2) is 6.54 Å². The Kier molecular flexibility index (Phi) is 4.26. The van der Waals surface area contributed by atoms with Gasteiger partial charge in [0.05, 0.1) is 0 Å². The van der Waals surface area contributed by atoms with Crippen LogP contribution >= 0.6 is 15.9 Å². The molecule has 1 aliphatic rings. The molecule has 1 fully saturated rings. The minimum absolute atomic E-state index is 0.344. The van der Waals surface area contributed by atoms with E-state index in [0.29, 0.717) is 5.41 Å². The molecule has 0 unspecified atom stereocenters. The van der Waals surface area contributed by atoms with E-state index in [1.54, 1.807) is 0 Å². The van der Waals surface area contributed by atoms with Crippen LogP contribution in [0.4, 0.5) is 0 Å². The number of halogens is 1. The Bertz CT molecular complexity index is 367. The van der Waals surface area contributed by atoms with Gasteiger partial charge in [-0.3, -0.25) is 0 Å². The van der Waals surface area contributed by atoms with Crippen molar-refractivity contribution in [3.8, 4) is 0 Å². The maximum atomic E-state index is 6.07. The van der Waals surface area contributed by atoms with Crippen LogP contribution < -0.4 is 5.73 Å². The third kappa shape index (κ3) is 3.11. The van der Waals surface area contributed by atoms with E-state index in [9.17, 15) is 0 Å². The summed E-state index contributed by atoms with van der Waals surface area (Å²) in [6.07, 6.45) is 6.36. The summed E-state index contributed by atoms with van der Waals surface area (Å²) in [7, 11) is 0. The Morgan fingerprint density at radius 2 is 1.94 bits per heavy atom. The molecule has 1 aromatic carbocycles. The van der Waals surface area contributed by atoms with E-state index < -0.39 is 0 Å². The Morgan fingerprint density at radius 1 is 1.29 bits per heavy atom. The molecule has 0 bridgehead atoms. The minimum atomic E-state index is 0.344. The monoisotopic (exact) mass is 295 g/mol. The lowest BCUT2D eigenvalue weighted by Gasteiger charge is -2.39. The summed E-state index contributed by atoms with van der Waals surface area (Å²) in [4.78, 5) is 0. The van der Waals surface area contributed by atoms with Gasteiger partial charge in [-0.1, -0.05) is 53.9 Å². The summed E-state index contributed by atoms with van der Waals surface area (Å²) < 4.78 is 1.23. The summed E-state index contributed by atoms with van der Waals surface area (Å²) in [6.45, 7) is 3.18. The molecule has 0 radical (unpaired) electrons. The quantitative estimate of drug-likeness (QED) is 0.891. The smallest absolute Gasteiger partial charge is 0.0207 e. The summed E-state index contributed by atoms with van der Waals surface area (Å²) in [6, 6.07) is 8.55. The molecule has 2 rings (SSSR count). The minimum Gasteiger partial charge on any atom is -0.330 e. The van der Waals surface area contributed by atoms with Crippen LogP contribution in [0.25, 0.3) is 0 Å². The Labute approximate surface area is 113 Å². The molecule has 1 saturated carbocycles. The third-order valence-electron chi connectivity index (χ3n) is 4.29. The lowest BCUT2D eigenvalue weighted by molar-refractivity contribution is 0.163. The molecule has 2 N–H and O–H groups in total. The van der Waals surface area contributed by atoms with Gasteiger partial charge in [0, 0.05) is 4.47 Å². The molecule has 1 nitrogen and oxygen atoms in total. The highest BCUT2D eigenvalue weighted by atomic mass is 79.9. The van der Waals surface area contributed by atoms with Crippen LogP contribution in [0, 0.1) is 11.3 Å².